The van der Waals surface area contributed by atoms with Gasteiger partial charge in [-0.15, -0.1) is 0 Å². The van der Waals surface area contributed by atoms with Crippen molar-refractivity contribution in [2.75, 3.05) is 55.2 Å². The highest BCUT2D eigenvalue weighted by Crippen LogP contribution is 2.38. The number of ether oxygens (including phenoxy) is 5. The average molecular weight is 369 g/mol. The van der Waals surface area contributed by atoms with E-state index in [4.69, 9.17) is 18.9 Å². The van der Waals surface area contributed by atoms with Crippen LogP contribution in [0.5, 0.6) is 17.2 Å². The predicted octanol–water partition coefficient (Wildman–Crippen LogP) is 1.75. The maximum atomic E-state index is 13.0. The molecule has 1 amide bonds. The SMILES string of the molecule is COCCCN(CCC(=O)OC)C(=O)c1cc(OC)c(OC)c(OC)c1. The minimum Gasteiger partial charge on any atom is -0.493 e. The molecule has 1 aromatic rings. The van der Waals surface area contributed by atoms with E-state index in [1.54, 1.807) is 24.1 Å². The third kappa shape index (κ3) is 5.80. The summed E-state index contributed by atoms with van der Waals surface area (Å²) in [5, 5.41) is 0. The third-order valence-corrected chi connectivity index (χ3v) is 3.79. The summed E-state index contributed by atoms with van der Waals surface area (Å²) in [5.41, 5.74) is 0.377. The van der Waals surface area contributed by atoms with Crippen molar-refractivity contribution in [1.29, 1.82) is 0 Å². The van der Waals surface area contributed by atoms with Crippen LogP contribution in [-0.2, 0) is 14.3 Å². The topological polar surface area (TPSA) is 83.5 Å². The molecule has 0 radical (unpaired) electrons. The highest BCUT2D eigenvalue weighted by molar-refractivity contribution is 5.95. The standard InChI is InChI=1S/C18H27NO7/c1-22-10-6-8-19(9-7-16(20)25-4)18(21)13-11-14(23-2)17(26-5)15(12-13)24-3/h11-12H,6-10H2,1-5H3. The molecule has 1 aromatic carbocycles. The Bertz CT molecular complexity index is 578. The van der Waals surface area contributed by atoms with E-state index in [9.17, 15) is 9.59 Å². The summed E-state index contributed by atoms with van der Waals surface area (Å²) < 4.78 is 25.6. The van der Waals surface area contributed by atoms with Gasteiger partial charge in [-0.05, 0) is 18.6 Å². The van der Waals surface area contributed by atoms with Crippen molar-refractivity contribution in [3.63, 3.8) is 0 Å². The van der Waals surface area contributed by atoms with E-state index in [1.807, 2.05) is 0 Å². The Hall–Kier alpha value is -2.48. The van der Waals surface area contributed by atoms with Crippen molar-refractivity contribution in [1.82, 2.24) is 4.90 Å². The molecule has 0 fully saturated rings. The largest absolute Gasteiger partial charge is 0.493 e. The second-order valence-electron chi connectivity index (χ2n) is 5.38. The molecule has 0 aliphatic heterocycles. The first kappa shape index (κ1) is 21.6. The lowest BCUT2D eigenvalue weighted by molar-refractivity contribution is -0.140. The zero-order valence-corrected chi connectivity index (χ0v) is 16.0. The van der Waals surface area contributed by atoms with Crippen LogP contribution in [0.2, 0.25) is 0 Å². The first-order valence-corrected chi connectivity index (χ1v) is 8.17. The predicted molar refractivity (Wildman–Crippen MR) is 95.1 cm³/mol. The first-order chi connectivity index (χ1) is 12.5. The monoisotopic (exact) mass is 369 g/mol. The summed E-state index contributed by atoms with van der Waals surface area (Å²) >= 11 is 0. The van der Waals surface area contributed by atoms with Crippen molar-refractivity contribution in [3.05, 3.63) is 17.7 Å². The van der Waals surface area contributed by atoms with Crippen LogP contribution in [0.15, 0.2) is 12.1 Å². The molecule has 0 unspecified atom stereocenters. The van der Waals surface area contributed by atoms with Crippen LogP contribution in [-0.4, -0.2) is 72.0 Å². The molecule has 0 aliphatic rings. The Morgan fingerprint density at radius 1 is 0.923 bits per heavy atom. The zero-order chi connectivity index (χ0) is 19.5. The Labute approximate surface area is 153 Å². The number of nitrogens with zero attached hydrogens (tertiary/aromatic N) is 1. The van der Waals surface area contributed by atoms with E-state index in [2.05, 4.69) is 4.74 Å². The molecule has 146 valence electrons. The fourth-order valence-corrected chi connectivity index (χ4v) is 2.43. The van der Waals surface area contributed by atoms with E-state index in [-0.39, 0.29) is 24.8 Å². The van der Waals surface area contributed by atoms with E-state index >= 15 is 0 Å². The third-order valence-electron chi connectivity index (χ3n) is 3.79. The van der Waals surface area contributed by atoms with Crippen molar-refractivity contribution >= 4 is 11.9 Å². The number of carbonyl (C=O) groups excluding carboxylic acids is 2. The van der Waals surface area contributed by atoms with Gasteiger partial charge in [0.05, 0.1) is 34.9 Å². The van der Waals surface area contributed by atoms with Crippen LogP contribution >= 0.6 is 0 Å². The van der Waals surface area contributed by atoms with Crippen LogP contribution in [0.25, 0.3) is 0 Å². The van der Waals surface area contributed by atoms with Crippen LogP contribution in [0.3, 0.4) is 0 Å². The van der Waals surface area contributed by atoms with Crippen molar-refractivity contribution in [2.45, 2.75) is 12.8 Å². The number of hydrogen-bond donors (Lipinski definition) is 0. The number of benzene rings is 1. The van der Waals surface area contributed by atoms with Crippen molar-refractivity contribution in [2.24, 2.45) is 0 Å². The molecular weight excluding hydrogens is 342 g/mol. The number of rotatable bonds is 11. The van der Waals surface area contributed by atoms with Gasteiger partial charge >= 0.3 is 5.97 Å². The second-order valence-corrected chi connectivity index (χ2v) is 5.38. The van der Waals surface area contributed by atoms with E-state index in [0.717, 1.165) is 0 Å². The van der Waals surface area contributed by atoms with E-state index in [0.29, 0.717) is 42.4 Å². The van der Waals surface area contributed by atoms with Gasteiger partial charge in [-0.1, -0.05) is 0 Å². The molecule has 0 heterocycles. The quantitative estimate of drug-likeness (QED) is 0.434. The molecule has 26 heavy (non-hydrogen) atoms. The number of esters is 1. The molecule has 0 atom stereocenters. The maximum absolute atomic E-state index is 13.0. The molecule has 1 rings (SSSR count). The normalized spacial score (nSPS) is 10.2. The maximum Gasteiger partial charge on any atom is 0.307 e. The van der Waals surface area contributed by atoms with Gasteiger partial charge in [0.15, 0.2) is 11.5 Å². The lowest BCUT2D eigenvalue weighted by Crippen LogP contribution is -2.34. The van der Waals surface area contributed by atoms with E-state index < -0.39 is 0 Å². The van der Waals surface area contributed by atoms with Gasteiger partial charge in [-0.25, -0.2) is 0 Å². The van der Waals surface area contributed by atoms with E-state index in [1.165, 1.54) is 28.4 Å². The van der Waals surface area contributed by atoms with Crippen LogP contribution in [0, 0.1) is 0 Å². The Kier molecular flexibility index (Phi) is 9.29. The number of hydrogen-bond acceptors (Lipinski definition) is 7. The van der Waals surface area contributed by atoms with Gasteiger partial charge in [-0.2, -0.15) is 0 Å². The molecule has 8 heteroatoms. The molecule has 0 N–H and O–H groups in total. The molecule has 0 spiro atoms. The van der Waals surface area contributed by atoms with Crippen LogP contribution < -0.4 is 14.2 Å². The lowest BCUT2D eigenvalue weighted by atomic mass is 10.1. The molecular formula is C18H27NO7. The van der Waals surface area contributed by atoms with Gasteiger partial charge < -0.3 is 28.6 Å². The van der Waals surface area contributed by atoms with Gasteiger partial charge in [0.2, 0.25) is 5.75 Å². The summed E-state index contributed by atoms with van der Waals surface area (Å²) in [6, 6.07) is 3.18. The number of methoxy groups -OCH3 is 5. The minimum atomic E-state index is -0.376. The molecule has 0 saturated carbocycles. The van der Waals surface area contributed by atoms with Gasteiger partial charge in [0.25, 0.3) is 5.91 Å². The highest BCUT2D eigenvalue weighted by atomic mass is 16.5. The lowest BCUT2D eigenvalue weighted by Gasteiger charge is -2.23. The fraction of sp³-hybridized carbons (Fsp3) is 0.556. The summed E-state index contributed by atoms with van der Waals surface area (Å²) in [5.74, 6) is 0.566. The van der Waals surface area contributed by atoms with Crippen LogP contribution in [0.1, 0.15) is 23.2 Å². The van der Waals surface area contributed by atoms with Crippen molar-refractivity contribution < 1.29 is 33.3 Å². The summed E-state index contributed by atoms with van der Waals surface area (Å²) in [6.07, 6.45) is 0.757. The fourth-order valence-electron chi connectivity index (χ4n) is 2.43. The minimum absolute atomic E-state index is 0.111. The van der Waals surface area contributed by atoms with Gasteiger partial charge in [0.1, 0.15) is 0 Å². The number of amides is 1. The number of carbonyl (C=O) groups is 2. The van der Waals surface area contributed by atoms with Crippen LogP contribution in [0.4, 0.5) is 0 Å². The van der Waals surface area contributed by atoms with Crippen molar-refractivity contribution in [3.8, 4) is 17.2 Å². The molecule has 0 bridgehead atoms. The summed E-state index contributed by atoms with van der Waals surface area (Å²) in [4.78, 5) is 26.0. The second kappa shape index (κ2) is 11.2. The van der Waals surface area contributed by atoms with Gasteiger partial charge in [0, 0.05) is 32.4 Å². The molecule has 0 saturated heterocycles. The zero-order valence-electron chi connectivity index (χ0n) is 16.0. The molecule has 0 aromatic heterocycles. The van der Waals surface area contributed by atoms with Gasteiger partial charge in [-0.3, -0.25) is 9.59 Å². The average Bonchev–Trinajstić information content (AvgIpc) is 2.68. The summed E-state index contributed by atoms with van der Waals surface area (Å²) in [7, 11) is 7.38. The Balaban J connectivity index is 3.09. The highest BCUT2D eigenvalue weighted by Gasteiger charge is 2.21. The summed E-state index contributed by atoms with van der Waals surface area (Å²) in [6.45, 7) is 1.20. The molecule has 8 nitrogen and oxygen atoms in total. The smallest absolute Gasteiger partial charge is 0.307 e. The first-order valence-electron chi connectivity index (χ1n) is 8.17. The Morgan fingerprint density at radius 2 is 1.54 bits per heavy atom. The molecule has 0 aliphatic carbocycles. The Morgan fingerprint density at radius 3 is 2.00 bits per heavy atom.